The van der Waals surface area contributed by atoms with Gasteiger partial charge in [0.05, 0.1) is 28.1 Å². The van der Waals surface area contributed by atoms with Crippen molar-refractivity contribution in [3.8, 4) is 5.75 Å². The maximum atomic E-state index is 14.3. The first kappa shape index (κ1) is 25.6. The van der Waals surface area contributed by atoms with Gasteiger partial charge < -0.3 is 20.6 Å². The summed E-state index contributed by atoms with van der Waals surface area (Å²) in [5.74, 6) is -1.28. The number of hydroxylamine groups is 2. The molecule has 3 rings (SSSR count). The van der Waals surface area contributed by atoms with Crippen LogP contribution in [-0.2, 0) is 4.79 Å². The second kappa shape index (κ2) is 10.9. The fourth-order valence-corrected chi connectivity index (χ4v) is 3.48. The number of nitro groups is 1. The fraction of sp³-hybridized carbons (Fsp3) is 0.238. The van der Waals surface area contributed by atoms with Gasteiger partial charge in [-0.25, -0.2) is 19.2 Å². The molecule has 14 heteroatoms. The molecule has 35 heavy (non-hydrogen) atoms. The van der Waals surface area contributed by atoms with Crippen LogP contribution >= 0.6 is 15.9 Å². The average molecular weight is 551 g/mol. The quantitative estimate of drug-likeness (QED) is 0.259. The van der Waals surface area contributed by atoms with E-state index in [4.69, 9.17) is 9.94 Å². The Kier molecular flexibility index (Phi) is 7.96. The predicted octanol–water partition coefficient (Wildman–Crippen LogP) is 4.37. The Balaban J connectivity index is 1.95. The molecule has 0 aliphatic carbocycles. The minimum absolute atomic E-state index is 0.0350. The Bertz CT molecular complexity index is 1290. The highest BCUT2D eigenvalue weighted by atomic mass is 79.9. The van der Waals surface area contributed by atoms with Crippen LogP contribution in [0.3, 0.4) is 0 Å². The molecule has 12 nitrogen and oxygen atoms in total. The van der Waals surface area contributed by atoms with Crippen molar-refractivity contribution in [2.24, 2.45) is 0 Å². The van der Waals surface area contributed by atoms with Gasteiger partial charge in [-0.1, -0.05) is 15.9 Å². The lowest BCUT2D eigenvalue weighted by Crippen LogP contribution is -2.40. The van der Waals surface area contributed by atoms with E-state index in [-0.39, 0.29) is 41.1 Å². The second-order valence-corrected chi connectivity index (χ2v) is 8.22. The number of carbonyl (C=O) groups excluding carboxylic acids is 1. The first-order chi connectivity index (χ1) is 16.6. The Morgan fingerprint density at radius 1 is 1.31 bits per heavy atom. The number of anilines is 2. The predicted molar refractivity (Wildman–Crippen MR) is 127 cm³/mol. The van der Waals surface area contributed by atoms with E-state index in [1.165, 1.54) is 31.5 Å². The Morgan fingerprint density at radius 2 is 2.06 bits per heavy atom. The van der Waals surface area contributed by atoms with E-state index < -0.39 is 34.5 Å². The fourth-order valence-electron chi connectivity index (χ4n) is 3.14. The number of benzene rings is 2. The molecule has 3 aromatic rings. The highest BCUT2D eigenvalue weighted by molar-refractivity contribution is 9.10. The van der Waals surface area contributed by atoms with Gasteiger partial charge in [-0.15, -0.1) is 0 Å². The maximum absolute atomic E-state index is 14.3. The Hall–Kier alpha value is -4.07. The van der Waals surface area contributed by atoms with Gasteiger partial charge in [0.2, 0.25) is 5.75 Å². The van der Waals surface area contributed by atoms with Crippen molar-refractivity contribution in [2.75, 3.05) is 11.9 Å². The van der Waals surface area contributed by atoms with Crippen molar-refractivity contribution in [3.05, 3.63) is 57.1 Å². The summed E-state index contributed by atoms with van der Waals surface area (Å²) in [5, 5.41) is 26.7. The molecule has 1 atom stereocenters. The number of aromatic nitrogens is 2. The molecule has 0 aliphatic heterocycles. The third-order valence-electron chi connectivity index (χ3n) is 4.72. The summed E-state index contributed by atoms with van der Waals surface area (Å²) < 4.78 is 14.8. The molecule has 184 valence electrons. The highest BCUT2D eigenvalue weighted by Gasteiger charge is 2.25. The van der Waals surface area contributed by atoms with E-state index in [2.05, 4.69) is 36.5 Å². The molecule has 3 N–H and O–H groups in total. The summed E-state index contributed by atoms with van der Waals surface area (Å²) in [6.07, 6.45) is -0.318. The van der Waals surface area contributed by atoms with Crippen molar-refractivity contribution in [1.82, 2.24) is 20.3 Å². The molecule has 0 bridgehead atoms. The first-order valence-corrected chi connectivity index (χ1v) is 11.0. The summed E-state index contributed by atoms with van der Waals surface area (Å²) in [6, 6.07) is 6.08. The van der Waals surface area contributed by atoms with Gasteiger partial charge in [0, 0.05) is 29.1 Å². The first-order valence-electron chi connectivity index (χ1n) is 10.2. The van der Waals surface area contributed by atoms with E-state index >= 15 is 0 Å². The molecule has 1 heterocycles. The van der Waals surface area contributed by atoms with Gasteiger partial charge in [0.1, 0.15) is 18.0 Å². The number of carboxylic acid groups (broad SMARTS) is 1. The standard InChI is InChI=1S/C21H20BrFN6O6/c1-3-28(19(30)6-11(2)26-21(31)32)35-18-9-16-13(8-17(18)29(33)34)20(25-10-24-16)27-15-5-4-12(22)7-14(15)23/h4-5,7-11,26H,3,6H2,1-2H3,(H,31,32)(H,24,25,27). The van der Waals surface area contributed by atoms with Crippen molar-refractivity contribution in [1.29, 1.82) is 0 Å². The van der Waals surface area contributed by atoms with Crippen LogP contribution in [-0.4, -0.2) is 49.6 Å². The van der Waals surface area contributed by atoms with E-state index in [1.54, 1.807) is 13.0 Å². The van der Waals surface area contributed by atoms with Gasteiger partial charge >= 0.3 is 11.8 Å². The molecule has 1 aromatic heterocycles. The molecule has 2 amide bonds. The molecule has 0 aliphatic rings. The molecular formula is C21H20BrFN6O6. The molecule has 1 unspecified atom stereocenters. The normalized spacial score (nSPS) is 11.5. The molecule has 0 saturated heterocycles. The van der Waals surface area contributed by atoms with E-state index in [0.717, 1.165) is 11.1 Å². The molecule has 2 aromatic carbocycles. The van der Waals surface area contributed by atoms with Crippen molar-refractivity contribution in [3.63, 3.8) is 0 Å². The van der Waals surface area contributed by atoms with Crippen molar-refractivity contribution in [2.45, 2.75) is 26.3 Å². The minimum atomic E-state index is -1.29. The van der Waals surface area contributed by atoms with Crippen LogP contribution < -0.4 is 15.5 Å². The van der Waals surface area contributed by atoms with E-state index in [1.807, 2.05) is 0 Å². The van der Waals surface area contributed by atoms with Crippen molar-refractivity contribution < 1.29 is 28.8 Å². The summed E-state index contributed by atoms with van der Waals surface area (Å²) >= 11 is 3.17. The number of nitrogens with one attached hydrogen (secondary N) is 2. The number of amides is 2. The SMILES string of the molecule is CCN(Oc1cc2ncnc(Nc3ccc(Br)cc3F)c2cc1[N+](=O)[O-])C(=O)CC(C)NC(=O)O. The van der Waals surface area contributed by atoms with Crippen LogP contribution in [0.1, 0.15) is 20.3 Å². The number of halogens is 2. The molecule has 0 radical (unpaired) electrons. The Labute approximate surface area is 206 Å². The zero-order valence-corrected chi connectivity index (χ0v) is 20.1. The largest absolute Gasteiger partial charge is 0.465 e. The minimum Gasteiger partial charge on any atom is -0.465 e. The number of rotatable bonds is 9. The van der Waals surface area contributed by atoms with Gasteiger partial charge in [0.25, 0.3) is 5.91 Å². The summed E-state index contributed by atoms with van der Waals surface area (Å²) in [5.41, 5.74) is -0.136. The topological polar surface area (TPSA) is 160 Å². The summed E-state index contributed by atoms with van der Waals surface area (Å²) in [7, 11) is 0. The average Bonchev–Trinajstić information content (AvgIpc) is 2.78. The van der Waals surface area contributed by atoms with Gasteiger partial charge in [-0.05, 0) is 32.0 Å². The number of carbonyl (C=O) groups is 2. The van der Waals surface area contributed by atoms with Crippen LogP contribution in [0.15, 0.2) is 41.1 Å². The second-order valence-electron chi connectivity index (χ2n) is 7.30. The lowest BCUT2D eigenvalue weighted by Gasteiger charge is -2.22. The van der Waals surface area contributed by atoms with E-state index in [9.17, 15) is 24.1 Å². The number of nitro benzene ring substituents is 1. The number of hydrogen-bond donors (Lipinski definition) is 3. The van der Waals surface area contributed by atoms with Crippen LogP contribution in [0, 0.1) is 15.9 Å². The van der Waals surface area contributed by atoms with Crippen molar-refractivity contribution >= 4 is 56.0 Å². The zero-order valence-electron chi connectivity index (χ0n) is 18.5. The lowest BCUT2D eigenvalue weighted by molar-refractivity contribution is -0.386. The van der Waals surface area contributed by atoms with Gasteiger partial charge in [0.15, 0.2) is 0 Å². The van der Waals surface area contributed by atoms with Crippen LogP contribution in [0.25, 0.3) is 10.9 Å². The maximum Gasteiger partial charge on any atom is 0.404 e. The van der Waals surface area contributed by atoms with Crippen LogP contribution in [0.2, 0.25) is 0 Å². The monoisotopic (exact) mass is 550 g/mol. The molecule has 0 fully saturated rings. The number of fused-ring (bicyclic) bond motifs is 1. The summed E-state index contributed by atoms with van der Waals surface area (Å²) in [6.45, 7) is 3.13. The van der Waals surface area contributed by atoms with Gasteiger partial charge in [-0.3, -0.25) is 14.9 Å². The number of nitrogens with zero attached hydrogens (tertiary/aromatic N) is 4. The summed E-state index contributed by atoms with van der Waals surface area (Å²) in [4.78, 5) is 48.1. The van der Waals surface area contributed by atoms with E-state index in [0.29, 0.717) is 4.47 Å². The zero-order chi connectivity index (χ0) is 25.7. The van der Waals surface area contributed by atoms with Crippen LogP contribution in [0.4, 0.5) is 26.4 Å². The highest BCUT2D eigenvalue weighted by Crippen LogP contribution is 2.35. The molecular weight excluding hydrogens is 531 g/mol. The molecule has 0 spiro atoms. The Morgan fingerprint density at radius 3 is 2.69 bits per heavy atom. The molecule has 0 saturated carbocycles. The lowest BCUT2D eigenvalue weighted by atomic mass is 10.2. The van der Waals surface area contributed by atoms with Crippen LogP contribution in [0.5, 0.6) is 5.75 Å². The number of hydrogen-bond acceptors (Lipinski definition) is 8. The third kappa shape index (κ3) is 6.29. The van der Waals surface area contributed by atoms with Gasteiger partial charge in [-0.2, -0.15) is 5.06 Å². The third-order valence-corrected chi connectivity index (χ3v) is 5.21. The smallest absolute Gasteiger partial charge is 0.404 e.